The van der Waals surface area contributed by atoms with Crippen LogP contribution in [0.5, 0.6) is 0 Å². The highest BCUT2D eigenvalue weighted by atomic mass is 16.4. The minimum Gasteiger partial charge on any atom is -0.481 e. The van der Waals surface area contributed by atoms with Crippen molar-refractivity contribution in [2.24, 2.45) is 0 Å². The van der Waals surface area contributed by atoms with E-state index >= 15 is 0 Å². The molecule has 0 radical (unpaired) electrons. The first-order chi connectivity index (χ1) is 11.5. The largest absolute Gasteiger partial charge is 0.481 e. The number of benzene rings is 2. The fourth-order valence-electron chi connectivity index (χ4n) is 3.79. The first-order valence-electron chi connectivity index (χ1n) is 7.81. The maximum absolute atomic E-state index is 12.6. The summed E-state index contributed by atoms with van der Waals surface area (Å²) >= 11 is 0. The smallest absolute Gasteiger partial charge is 0.315 e. The molecule has 0 fully saturated rings. The molecule has 0 spiro atoms. The average molecular weight is 321 g/mol. The molecule has 1 heterocycles. The van der Waals surface area contributed by atoms with E-state index in [2.05, 4.69) is 0 Å². The molecule has 0 saturated heterocycles. The zero-order valence-electron chi connectivity index (χ0n) is 12.9. The van der Waals surface area contributed by atoms with Gasteiger partial charge >= 0.3 is 5.97 Å². The topological polar surface area (TPSA) is 74.7 Å². The minimum atomic E-state index is -1.23. The molecule has 0 bridgehead atoms. The van der Waals surface area contributed by atoms with Crippen LogP contribution in [0, 0.1) is 0 Å². The molecule has 1 atom stereocenters. The Kier molecular flexibility index (Phi) is 3.06. The Morgan fingerprint density at radius 1 is 1.00 bits per heavy atom. The number of aliphatic carboxylic acids is 1. The van der Waals surface area contributed by atoms with Crippen molar-refractivity contribution in [2.45, 2.75) is 18.3 Å². The van der Waals surface area contributed by atoms with E-state index < -0.39 is 23.2 Å². The summed E-state index contributed by atoms with van der Waals surface area (Å²) in [5.41, 5.74) is 1.12. The summed E-state index contributed by atoms with van der Waals surface area (Å²) in [6.07, 6.45) is 1.01. The van der Waals surface area contributed by atoms with Gasteiger partial charge in [-0.1, -0.05) is 36.4 Å². The summed E-state index contributed by atoms with van der Waals surface area (Å²) < 4.78 is 0. The molecule has 2 amide bonds. The number of carbonyl (C=O) groups excluding carboxylic acids is 2. The molecule has 2 aromatic rings. The Balaban J connectivity index is 1.76. The van der Waals surface area contributed by atoms with Crippen molar-refractivity contribution in [1.29, 1.82) is 0 Å². The van der Waals surface area contributed by atoms with E-state index in [9.17, 15) is 19.5 Å². The lowest BCUT2D eigenvalue weighted by molar-refractivity contribution is -0.144. The van der Waals surface area contributed by atoms with Gasteiger partial charge in [-0.25, -0.2) is 0 Å². The molecule has 2 aromatic carbocycles. The van der Waals surface area contributed by atoms with E-state index in [1.807, 2.05) is 12.1 Å². The normalized spacial score (nSPS) is 21.8. The number of carboxylic acid groups (broad SMARTS) is 1. The highest BCUT2D eigenvalue weighted by molar-refractivity contribution is 6.21. The lowest BCUT2D eigenvalue weighted by Crippen LogP contribution is -2.47. The van der Waals surface area contributed by atoms with Gasteiger partial charge in [0.2, 0.25) is 0 Å². The molecule has 1 unspecified atom stereocenters. The Hall–Kier alpha value is -2.95. The fourth-order valence-corrected chi connectivity index (χ4v) is 3.79. The quantitative estimate of drug-likeness (QED) is 0.880. The lowest BCUT2D eigenvalue weighted by Gasteiger charge is -2.29. The van der Waals surface area contributed by atoms with E-state index in [4.69, 9.17) is 0 Å². The number of carboxylic acids is 1. The molecule has 0 aromatic heterocycles. The molecular formula is C19H15NO4. The van der Waals surface area contributed by atoms with E-state index in [1.165, 1.54) is 0 Å². The molecule has 120 valence electrons. The monoisotopic (exact) mass is 321 g/mol. The summed E-state index contributed by atoms with van der Waals surface area (Å²) in [6, 6.07) is 14.0. The van der Waals surface area contributed by atoms with Crippen LogP contribution in [0.2, 0.25) is 0 Å². The van der Waals surface area contributed by atoms with Gasteiger partial charge in [0.1, 0.15) is 5.41 Å². The molecule has 24 heavy (non-hydrogen) atoms. The van der Waals surface area contributed by atoms with Crippen molar-refractivity contribution in [1.82, 2.24) is 4.90 Å². The molecule has 1 aliphatic carbocycles. The summed E-state index contributed by atoms with van der Waals surface area (Å²) in [5, 5.41) is 9.91. The fraction of sp³-hybridized carbons (Fsp3) is 0.211. The number of rotatable bonds is 3. The van der Waals surface area contributed by atoms with Gasteiger partial charge in [0.05, 0.1) is 11.1 Å². The Bertz CT molecular complexity index is 853. The van der Waals surface area contributed by atoms with Crippen LogP contribution in [0.15, 0.2) is 48.5 Å². The molecule has 1 aliphatic heterocycles. The van der Waals surface area contributed by atoms with Gasteiger partial charge in [0.25, 0.3) is 11.8 Å². The van der Waals surface area contributed by atoms with Crippen LogP contribution in [0.1, 0.15) is 38.3 Å². The number of imide groups is 1. The first kappa shape index (κ1) is 14.6. The van der Waals surface area contributed by atoms with Gasteiger partial charge < -0.3 is 5.11 Å². The van der Waals surface area contributed by atoms with Crippen molar-refractivity contribution in [3.8, 4) is 0 Å². The highest BCUT2D eigenvalue weighted by Gasteiger charge is 2.50. The lowest BCUT2D eigenvalue weighted by atomic mass is 9.81. The number of fused-ring (bicyclic) bond motifs is 2. The second-order valence-electron chi connectivity index (χ2n) is 6.29. The van der Waals surface area contributed by atoms with Gasteiger partial charge in [-0.15, -0.1) is 0 Å². The van der Waals surface area contributed by atoms with Crippen LogP contribution in [0.4, 0.5) is 0 Å². The Morgan fingerprint density at radius 3 is 2.21 bits per heavy atom. The molecule has 4 rings (SSSR count). The Labute approximate surface area is 138 Å². The van der Waals surface area contributed by atoms with E-state index in [0.717, 1.165) is 10.5 Å². The predicted molar refractivity (Wildman–Crippen MR) is 85.9 cm³/mol. The molecule has 5 nitrogen and oxygen atoms in total. The van der Waals surface area contributed by atoms with E-state index in [-0.39, 0.29) is 6.54 Å². The van der Waals surface area contributed by atoms with Crippen LogP contribution < -0.4 is 0 Å². The van der Waals surface area contributed by atoms with E-state index in [1.54, 1.807) is 36.4 Å². The van der Waals surface area contributed by atoms with Crippen molar-refractivity contribution in [3.63, 3.8) is 0 Å². The molecule has 5 heteroatoms. The van der Waals surface area contributed by atoms with Crippen molar-refractivity contribution in [2.75, 3.05) is 6.54 Å². The number of hydrogen-bond acceptors (Lipinski definition) is 3. The van der Waals surface area contributed by atoms with Crippen LogP contribution in [-0.4, -0.2) is 34.3 Å². The third-order valence-electron chi connectivity index (χ3n) is 5.07. The van der Waals surface area contributed by atoms with Crippen molar-refractivity contribution in [3.05, 3.63) is 70.8 Å². The van der Waals surface area contributed by atoms with Crippen LogP contribution in [0.25, 0.3) is 0 Å². The molecule has 1 N–H and O–H groups in total. The maximum Gasteiger partial charge on any atom is 0.315 e. The third-order valence-corrected chi connectivity index (χ3v) is 5.07. The zero-order chi connectivity index (χ0) is 16.9. The standard InChI is InChI=1S/C19H15NO4/c21-16-13-6-2-3-7-14(13)17(22)20(16)11-19(18(23)24)10-9-12-5-1-4-8-15(12)19/h1-8H,9-11H2,(H,23,24). The minimum absolute atomic E-state index is 0.133. The number of hydrogen-bond donors (Lipinski definition) is 1. The summed E-state index contributed by atoms with van der Waals surface area (Å²) in [5.74, 6) is -1.83. The highest BCUT2D eigenvalue weighted by Crippen LogP contribution is 2.41. The van der Waals surface area contributed by atoms with Crippen LogP contribution >= 0.6 is 0 Å². The van der Waals surface area contributed by atoms with Crippen LogP contribution in [-0.2, 0) is 16.6 Å². The number of nitrogens with zero attached hydrogens (tertiary/aromatic N) is 1. The van der Waals surface area contributed by atoms with Gasteiger partial charge in [0.15, 0.2) is 0 Å². The maximum atomic E-state index is 12.6. The average Bonchev–Trinajstić information content (AvgIpc) is 3.08. The Morgan fingerprint density at radius 2 is 1.58 bits per heavy atom. The number of amides is 2. The molecular weight excluding hydrogens is 306 g/mol. The number of aryl methyl sites for hydroxylation is 1. The SMILES string of the molecule is O=C1c2ccccc2C(=O)N1CC1(C(=O)O)CCc2ccccc21. The number of carbonyl (C=O) groups is 3. The summed E-state index contributed by atoms with van der Waals surface area (Å²) in [7, 11) is 0. The first-order valence-corrected chi connectivity index (χ1v) is 7.81. The van der Waals surface area contributed by atoms with Crippen LogP contribution in [0.3, 0.4) is 0 Å². The zero-order valence-corrected chi connectivity index (χ0v) is 12.9. The second-order valence-corrected chi connectivity index (χ2v) is 6.29. The van der Waals surface area contributed by atoms with Gasteiger partial charge in [-0.3, -0.25) is 19.3 Å². The summed E-state index contributed by atoms with van der Waals surface area (Å²) in [4.78, 5) is 38.4. The van der Waals surface area contributed by atoms with Gasteiger partial charge in [0, 0.05) is 6.54 Å². The molecule has 0 saturated carbocycles. The third kappa shape index (κ3) is 1.84. The second kappa shape index (κ2) is 5.03. The van der Waals surface area contributed by atoms with Crippen molar-refractivity contribution >= 4 is 17.8 Å². The molecule has 2 aliphatic rings. The van der Waals surface area contributed by atoms with Gasteiger partial charge in [-0.05, 0) is 36.1 Å². The van der Waals surface area contributed by atoms with Gasteiger partial charge in [-0.2, -0.15) is 0 Å². The van der Waals surface area contributed by atoms with E-state index in [0.29, 0.717) is 29.5 Å². The predicted octanol–water partition coefficient (Wildman–Crippen LogP) is 2.25. The van der Waals surface area contributed by atoms with Crippen molar-refractivity contribution < 1.29 is 19.5 Å². The summed E-state index contributed by atoms with van der Waals surface area (Å²) in [6.45, 7) is -0.133.